The molecular weight excluding hydrogens is 334 g/mol. The summed E-state index contributed by atoms with van der Waals surface area (Å²) in [5.41, 5.74) is 2.57. The molecule has 0 radical (unpaired) electrons. The highest BCUT2D eigenvalue weighted by Crippen LogP contribution is 2.23. The lowest BCUT2D eigenvalue weighted by Crippen LogP contribution is -2.32. The van der Waals surface area contributed by atoms with Crippen LogP contribution in [0.5, 0.6) is 0 Å². The standard InChI is InChI=1S/C17H19BrClN/c1-17(2,14-6-4-3-5-7-14)12-20-11-13-8-9-15(18)10-16(13)19/h3-10,20H,11-12H2,1-2H3. The Morgan fingerprint density at radius 3 is 2.45 bits per heavy atom. The van der Waals surface area contributed by atoms with Crippen molar-refractivity contribution in [3.63, 3.8) is 0 Å². The molecular formula is C17H19BrClN. The average molecular weight is 353 g/mol. The van der Waals surface area contributed by atoms with Crippen LogP contribution in [0.1, 0.15) is 25.0 Å². The minimum absolute atomic E-state index is 0.100. The van der Waals surface area contributed by atoms with Gasteiger partial charge in [0.2, 0.25) is 0 Å². The number of rotatable bonds is 5. The first-order chi connectivity index (χ1) is 9.49. The third-order valence-electron chi connectivity index (χ3n) is 3.45. The van der Waals surface area contributed by atoms with E-state index in [2.05, 4.69) is 71.5 Å². The maximum absolute atomic E-state index is 6.23. The SMILES string of the molecule is CC(C)(CNCc1ccc(Br)cc1Cl)c1ccccc1. The lowest BCUT2D eigenvalue weighted by molar-refractivity contribution is 0.469. The summed E-state index contributed by atoms with van der Waals surface area (Å²) in [6, 6.07) is 16.6. The van der Waals surface area contributed by atoms with E-state index < -0.39 is 0 Å². The van der Waals surface area contributed by atoms with Gasteiger partial charge >= 0.3 is 0 Å². The van der Waals surface area contributed by atoms with Gasteiger partial charge in [-0.25, -0.2) is 0 Å². The lowest BCUT2D eigenvalue weighted by atomic mass is 9.84. The zero-order valence-corrected chi connectivity index (χ0v) is 14.1. The second-order valence-electron chi connectivity index (χ2n) is 5.59. The van der Waals surface area contributed by atoms with Crippen molar-refractivity contribution in [2.45, 2.75) is 25.8 Å². The van der Waals surface area contributed by atoms with E-state index >= 15 is 0 Å². The summed E-state index contributed by atoms with van der Waals surface area (Å²) in [5.74, 6) is 0. The minimum atomic E-state index is 0.100. The lowest BCUT2D eigenvalue weighted by Gasteiger charge is -2.26. The zero-order valence-electron chi connectivity index (χ0n) is 11.8. The number of hydrogen-bond donors (Lipinski definition) is 1. The van der Waals surface area contributed by atoms with Crippen LogP contribution in [0.2, 0.25) is 5.02 Å². The predicted octanol–water partition coefficient (Wildman–Crippen LogP) is 5.17. The van der Waals surface area contributed by atoms with Gasteiger partial charge in [0.1, 0.15) is 0 Å². The Morgan fingerprint density at radius 1 is 1.10 bits per heavy atom. The summed E-state index contributed by atoms with van der Waals surface area (Å²) in [6.07, 6.45) is 0. The van der Waals surface area contributed by atoms with Crippen molar-refractivity contribution in [2.24, 2.45) is 0 Å². The van der Waals surface area contributed by atoms with Gasteiger partial charge in [-0.05, 0) is 23.3 Å². The van der Waals surface area contributed by atoms with E-state index in [1.165, 1.54) is 5.56 Å². The normalized spacial score (nSPS) is 11.6. The predicted molar refractivity (Wildman–Crippen MR) is 90.3 cm³/mol. The minimum Gasteiger partial charge on any atom is -0.312 e. The van der Waals surface area contributed by atoms with Crippen LogP contribution in [-0.4, -0.2) is 6.54 Å². The molecule has 0 aliphatic heterocycles. The molecule has 0 amide bonds. The molecule has 1 nitrogen and oxygen atoms in total. The molecule has 2 rings (SSSR count). The summed E-state index contributed by atoms with van der Waals surface area (Å²) >= 11 is 9.65. The molecule has 0 spiro atoms. The van der Waals surface area contributed by atoms with Gasteiger partial charge in [0.15, 0.2) is 0 Å². The van der Waals surface area contributed by atoms with Crippen LogP contribution in [0, 0.1) is 0 Å². The summed E-state index contributed by atoms with van der Waals surface area (Å²) in [5, 5.41) is 4.30. The van der Waals surface area contributed by atoms with Crippen LogP contribution in [0.15, 0.2) is 53.0 Å². The number of halogens is 2. The number of hydrogen-bond acceptors (Lipinski definition) is 1. The fraction of sp³-hybridized carbons (Fsp3) is 0.294. The summed E-state index contributed by atoms with van der Waals surface area (Å²) < 4.78 is 1.01. The molecule has 0 aliphatic rings. The van der Waals surface area contributed by atoms with E-state index in [-0.39, 0.29) is 5.41 Å². The number of nitrogens with one attached hydrogen (secondary N) is 1. The van der Waals surface area contributed by atoms with Crippen LogP contribution in [0.3, 0.4) is 0 Å². The van der Waals surface area contributed by atoms with Gasteiger partial charge < -0.3 is 5.32 Å². The third kappa shape index (κ3) is 4.08. The van der Waals surface area contributed by atoms with Crippen LogP contribution in [0.4, 0.5) is 0 Å². The third-order valence-corrected chi connectivity index (χ3v) is 4.30. The Labute approximate surface area is 134 Å². The van der Waals surface area contributed by atoms with Crippen molar-refractivity contribution >= 4 is 27.5 Å². The molecule has 0 aliphatic carbocycles. The molecule has 0 fully saturated rings. The van der Waals surface area contributed by atoms with E-state index in [4.69, 9.17) is 11.6 Å². The van der Waals surface area contributed by atoms with Gasteiger partial charge in [-0.3, -0.25) is 0 Å². The van der Waals surface area contributed by atoms with Crippen LogP contribution in [-0.2, 0) is 12.0 Å². The molecule has 1 N–H and O–H groups in total. The summed E-state index contributed by atoms with van der Waals surface area (Å²) in [4.78, 5) is 0. The zero-order chi connectivity index (χ0) is 14.6. The van der Waals surface area contributed by atoms with Gasteiger partial charge in [0.05, 0.1) is 0 Å². The van der Waals surface area contributed by atoms with Crippen molar-refractivity contribution < 1.29 is 0 Å². The Morgan fingerprint density at radius 2 is 1.80 bits per heavy atom. The van der Waals surface area contributed by atoms with Crippen molar-refractivity contribution in [1.29, 1.82) is 0 Å². The Balaban J connectivity index is 1.95. The van der Waals surface area contributed by atoms with Crippen molar-refractivity contribution in [3.8, 4) is 0 Å². The van der Waals surface area contributed by atoms with Gasteiger partial charge in [0, 0.05) is 28.0 Å². The highest BCUT2D eigenvalue weighted by molar-refractivity contribution is 9.10. The van der Waals surface area contributed by atoms with Crippen molar-refractivity contribution in [3.05, 3.63) is 69.2 Å². The van der Waals surface area contributed by atoms with E-state index in [9.17, 15) is 0 Å². The Kier molecular flexibility index (Phi) is 5.25. The molecule has 3 heteroatoms. The van der Waals surface area contributed by atoms with Crippen molar-refractivity contribution in [2.75, 3.05) is 6.54 Å². The second kappa shape index (κ2) is 6.75. The van der Waals surface area contributed by atoms with Crippen LogP contribution >= 0.6 is 27.5 Å². The molecule has 106 valence electrons. The summed E-state index contributed by atoms with van der Waals surface area (Å²) in [6.45, 7) is 6.18. The maximum Gasteiger partial charge on any atom is 0.0462 e. The molecule has 20 heavy (non-hydrogen) atoms. The monoisotopic (exact) mass is 351 g/mol. The molecule has 0 saturated carbocycles. The van der Waals surface area contributed by atoms with E-state index in [0.29, 0.717) is 0 Å². The van der Waals surface area contributed by atoms with E-state index in [1.54, 1.807) is 0 Å². The first-order valence-electron chi connectivity index (χ1n) is 6.69. The summed E-state index contributed by atoms with van der Waals surface area (Å²) in [7, 11) is 0. The fourth-order valence-electron chi connectivity index (χ4n) is 2.17. The van der Waals surface area contributed by atoms with Crippen LogP contribution < -0.4 is 5.32 Å². The Bertz CT molecular complexity index is 566. The second-order valence-corrected chi connectivity index (χ2v) is 6.91. The van der Waals surface area contributed by atoms with Gasteiger partial charge in [0.25, 0.3) is 0 Å². The van der Waals surface area contributed by atoms with Gasteiger partial charge in [-0.15, -0.1) is 0 Å². The smallest absolute Gasteiger partial charge is 0.0462 e. The molecule has 2 aromatic carbocycles. The van der Waals surface area contributed by atoms with Crippen LogP contribution in [0.25, 0.3) is 0 Å². The largest absolute Gasteiger partial charge is 0.312 e. The maximum atomic E-state index is 6.23. The molecule has 0 unspecified atom stereocenters. The molecule has 0 bridgehead atoms. The van der Waals surface area contributed by atoms with Gasteiger partial charge in [-0.1, -0.05) is 77.8 Å². The van der Waals surface area contributed by atoms with E-state index in [1.807, 2.05) is 12.1 Å². The molecule has 0 heterocycles. The molecule has 0 atom stereocenters. The highest BCUT2D eigenvalue weighted by atomic mass is 79.9. The van der Waals surface area contributed by atoms with Gasteiger partial charge in [-0.2, -0.15) is 0 Å². The van der Waals surface area contributed by atoms with E-state index in [0.717, 1.165) is 28.1 Å². The van der Waals surface area contributed by atoms with Crippen molar-refractivity contribution in [1.82, 2.24) is 5.32 Å². The first kappa shape index (κ1) is 15.6. The average Bonchev–Trinajstić information content (AvgIpc) is 2.42. The number of benzene rings is 2. The topological polar surface area (TPSA) is 12.0 Å². The quantitative estimate of drug-likeness (QED) is 0.782. The first-order valence-corrected chi connectivity index (χ1v) is 7.86. The molecule has 0 aromatic heterocycles. The highest BCUT2D eigenvalue weighted by Gasteiger charge is 2.19. The molecule has 2 aromatic rings. The molecule has 0 saturated heterocycles. The Hall–Kier alpha value is -0.830. The fourth-order valence-corrected chi connectivity index (χ4v) is 2.91.